The summed E-state index contributed by atoms with van der Waals surface area (Å²) < 4.78 is 26.9. The van der Waals surface area contributed by atoms with Gasteiger partial charge in [0.15, 0.2) is 22.6 Å². The molecule has 9 nitrogen and oxygen atoms in total. The van der Waals surface area contributed by atoms with Crippen LogP contribution < -0.4 is 5.73 Å². The summed E-state index contributed by atoms with van der Waals surface area (Å²) in [5, 5.41) is 10.1. The lowest BCUT2D eigenvalue weighted by Crippen LogP contribution is -2.44. The summed E-state index contributed by atoms with van der Waals surface area (Å²) >= 11 is 0. The minimum Gasteiger partial charge on any atom is -0.458 e. The Bertz CT molecular complexity index is 1140. The number of hydrogen-bond donors (Lipinski definition) is 2. The van der Waals surface area contributed by atoms with Crippen molar-refractivity contribution in [1.29, 1.82) is 0 Å². The summed E-state index contributed by atoms with van der Waals surface area (Å²) in [5.41, 5.74) is 4.58. The Kier molecular flexibility index (Phi) is 14.5. The average molecular weight is 588 g/mol. The van der Waals surface area contributed by atoms with E-state index < -0.39 is 30.6 Å². The summed E-state index contributed by atoms with van der Waals surface area (Å²) in [6.07, 6.45) is 26.5. The quantitative estimate of drug-likeness (QED) is 0.0708. The zero-order chi connectivity index (χ0) is 30.2. The first kappa shape index (κ1) is 33.7. The molecule has 0 amide bonds. The maximum atomic E-state index is 13.8. The molecule has 3 rings (SSSR count). The van der Waals surface area contributed by atoms with Crippen molar-refractivity contribution >= 4 is 23.0 Å². The number of ether oxygens (including phenoxy) is 2. The number of fused-ring (bicyclic) bond motifs is 1. The fraction of sp³-hybridized carbons (Fsp3) is 0.750. The molecule has 0 aromatic carbocycles. The minimum atomic E-state index is -1.53. The van der Waals surface area contributed by atoms with Crippen LogP contribution in [-0.4, -0.2) is 48.9 Å². The van der Waals surface area contributed by atoms with Gasteiger partial charge in [0.05, 0.1) is 12.9 Å². The van der Waals surface area contributed by atoms with Crippen LogP contribution in [0.3, 0.4) is 0 Å². The number of unbranched alkanes of at least 4 members (excludes halogenated alkanes) is 16. The summed E-state index contributed by atoms with van der Waals surface area (Å²) in [6, 6.07) is 0. The molecule has 1 aliphatic rings. The van der Waals surface area contributed by atoms with Gasteiger partial charge >= 0.3 is 12.0 Å². The van der Waals surface area contributed by atoms with Crippen LogP contribution in [0.2, 0.25) is 0 Å². The van der Waals surface area contributed by atoms with Crippen LogP contribution in [0.4, 0.5) is 10.2 Å². The van der Waals surface area contributed by atoms with E-state index in [9.17, 15) is 14.3 Å². The van der Waals surface area contributed by atoms with E-state index in [2.05, 4.69) is 27.8 Å². The van der Waals surface area contributed by atoms with Crippen molar-refractivity contribution in [2.24, 2.45) is 0 Å². The predicted octanol–water partition coefficient (Wildman–Crippen LogP) is 6.78. The first-order valence-electron chi connectivity index (χ1n) is 16.1. The zero-order valence-corrected chi connectivity index (χ0v) is 25.4. The molecule has 2 aromatic rings. The van der Waals surface area contributed by atoms with Crippen LogP contribution in [0, 0.1) is 18.4 Å². The third kappa shape index (κ3) is 9.91. The number of nitrogens with zero attached hydrogens (tertiary/aromatic N) is 4. The highest BCUT2D eigenvalue weighted by Gasteiger charge is 2.51. The Morgan fingerprint density at radius 2 is 1.60 bits per heavy atom. The van der Waals surface area contributed by atoms with Crippen LogP contribution in [0.5, 0.6) is 0 Å². The number of hydrogen-bond acceptors (Lipinski definition) is 8. The van der Waals surface area contributed by atoms with Gasteiger partial charge in [0.25, 0.3) is 0 Å². The largest absolute Gasteiger partial charge is 0.458 e. The lowest BCUT2D eigenvalue weighted by atomic mass is 9.98. The van der Waals surface area contributed by atoms with E-state index in [0.717, 1.165) is 19.3 Å². The van der Waals surface area contributed by atoms with E-state index in [1.807, 2.05) is 0 Å². The molecule has 3 atom stereocenters. The fourth-order valence-electron chi connectivity index (χ4n) is 5.70. The Hall–Kier alpha value is -2.77. The number of carbonyl (C=O) groups is 1. The van der Waals surface area contributed by atoms with E-state index in [0.29, 0.717) is 0 Å². The monoisotopic (exact) mass is 587 g/mol. The van der Waals surface area contributed by atoms with Gasteiger partial charge in [0.2, 0.25) is 0 Å². The standard InChI is InChI=1S/C32H50FN5O4/c1-3-5-6-7-8-9-10-11-12-13-14-15-16-17-18-19-20-21-27(40)41-25-22-26(42-32(25,4-2)23-39)38-24-35-28-29(34)36-31(33)37-30(28)38/h2,24-26,39H,3,5-23H2,1H3,(H2,34,36,37)/t25?,26-,32-/m1/s1. The lowest BCUT2D eigenvalue weighted by molar-refractivity contribution is -0.158. The second-order valence-corrected chi connectivity index (χ2v) is 11.6. The number of carbonyl (C=O) groups excluding carboxylic acids is 1. The number of halogens is 1. The second kappa shape index (κ2) is 18.0. The maximum Gasteiger partial charge on any atom is 0.312 e. The van der Waals surface area contributed by atoms with Gasteiger partial charge in [-0.3, -0.25) is 9.36 Å². The highest BCUT2D eigenvalue weighted by molar-refractivity contribution is 5.81. The van der Waals surface area contributed by atoms with Crippen LogP contribution in [0.1, 0.15) is 135 Å². The third-order valence-electron chi connectivity index (χ3n) is 8.25. The van der Waals surface area contributed by atoms with Gasteiger partial charge < -0.3 is 20.3 Å². The number of nitrogens with two attached hydrogens (primary N) is 1. The Labute approximate surface area is 250 Å². The smallest absolute Gasteiger partial charge is 0.312 e. The van der Waals surface area contributed by atoms with Gasteiger partial charge in [0, 0.05) is 12.8 Å². The molecular formula is C32H50FN5O4. The highest BCUT2D eigenvalue weighted by atomic mass is 19.1. The van der Waals surface area contributed by atoms with E-state index in [1.165, 1.54) is 101 Å². The van der Waals surface area contributed by atoms with Crippen molar-refractivity contribution in [1.82, 2.24) is 19.5 Å². The van der Waals surface area contributed by atoms with Crippen molar-refractivity contribution in [2.75, 3.05) is 12.3 Å². The number of aromatic nitrogens is 4. The molecular weight excluding hydrogens is 537 g/mol. The van der Waals surface area contributed by atoms with Crippen LogP contribution in [0.15, 0.2) is 6.33 Å². The topological polar surface area (TPSA) is 125 Å². The average Bonchev–Trinajstić information content (AvgIpc) is 3.56. The third-order valence-corrected chi connectivity index (χ3v) is 8.25. The first-order chi connectivity index (χ1) is 20.4. The van der Waals surface area contributed by atoms with Gasteiger partial charge in [-0.2, -0.15) is 14.4 Å². The van der Waals surface area contributed by atoms with Gasteiger partial charge in [-0.1, -0.05) is 116 Å². The molecule has 0 radical (unpaired) electrons. The number of imidazole rings is 1. The van der Waals surface area contributed by atoms with Gasteiger partial charge in [-0.05, 0) is 6.42 Å². The Morgan fingerprint density at radius 3 is 2.12 bits per heavy atom. The van der Waals surface area contributed by atoms with Crippen molar-refractivity contribution in [3.63, 3.8) is 0 Å². The van der Waals surface area contributed by atoms with Crippen molar-refractivity contribution in [3.8, 4) is 12.3 Å². The first-order valence-corrected chi connectivity index (χ1v) is 16.1. The Morgan fingerprint density at radius 1 is 1.05 bits per heavy atom. The number of esters is 1. The fourth-order valence-corrected chi connectivity index (χ4v) is 5.70. The number of aliphatic hydroxyl groups is 1. The van der Waals surface area contributed by atoms with Crippen molar-refractivity contribution < 1.29 is 23.8 Å². The molecule has 0 saturated carbocycles. The highest BCUT2D eigenvalue weighted by Crippen LogP contribution is 2.39. The molecule has 3 heterocycles. The van der Waals surface area contributed by atoms with Crippen molar-refractivity contribution in [2.45, 2.75) is 147 Å². The summed E-state index contributed by atoms with van der Waals surface area (Å²) in [7, 11) is 0. The Balaban J connectivity index is 1.28. The SMILES string of the molecule is C#C[C@]1(CO)O[C@@H](n2cnc3c(N)nc(F)nc32)CC1OC(=O)CCCCCCCCCCCCCCCCCCC. The molecule has 234 valence electrons. The lowest BCUT2D eigenvalue weighted by Gasteiger charge is -2.26. The predicted molar refractivity (Wildman–Crippen MR) is 162 cm³/mol. The van der Waals surface area contributed by atoms with Crippen molar-refractivity contribution in [3.05, 3.63) is 12.4 Å². The van der Waals surface area contributed by atoms with E-state index >= 15 is 0 Å². The second-order valence-electron chi connectivity index (χ2n) is 11.6. The number of nitrogen functional groups attached to an aromatic ring is 1. The number of rotatable bonds is 21. The van der Waals surface area contributed by atoms with Gasteiger partial charge in [-0.15, -0.1) is 6.42 Å². The molecule has 1 fully saturated rings. The molecule has 1 unspecified atom stereocenters. The molecule has 1 saturated heterocycles. The van der Waals surface area contributed by atoms with Gasteiger partial charge in [-0.25, -0.2) is 4.98 Å². The minimum absolute atomic E-state index is 0.100. The van der Waals surface area contributed by atoms with E-state index in [-0.39, 0.29) is 35.8 Å². The maximum absolute atomic E-state index is 13.8. The number of aliphatic hydroxyl groups excluding tert-OH is 1. The summed E-state index contributed by atoms with van der Waals surface area (Å²) in [4.78, 5) is 24.0. The van der Waals surface area contributed by atoms with E-state index in [1.54, 1.807) is 0 Å². The molecule has 3 N–H and O–H groups in total. The van der Waals surface area contributed by atoms with Crippen LogP contribution in [-0.2, 0) is 14.3 Å². The molecule has 10 heteroatoms. The molecule has 2 aromatic heterocycles. The van der Waals surface area contributed by atoms with E-state index in [4.69, 9.17) is 21.6 Å². The zero-order valence-electron chi connectivity index (χ0n) is 25.4. The number of anilines is 1. The van der Waals surface area contributed by atoms with Gasteiger partial charge in [0.1, 0.15) is 12.3 Å². The summed E-state index contributed by atoms with van der Waals surface area (Å²) in [6.45, 7) is 1.72. The van der Waals surface area contributed by atoms with Crippen LogP contribution in [0.25, 0.3) is 11.2 Å². The molecule has 1 aliphatic heterocycles. The summed E-state index contributed by atoms with van der Waals surface area (Å²) in [5.74, 6) is 1.97. The van der Waals surface area contributed by atoms with Crippen LogP contribution >= 0.6 is 0 Å². The normalized spacial score (nSPS) is 20.2. The molecule has 0 spiro atoms. The molecule has 0 aliphatic carbocycles. The number of terminal acetylenes is 1. The molecule has 42 heavy (non-hydrogen) atoms. The molecule has 0 bridgehead atoms.